The molecule has 1 aliphatic rings. The van der Waals surface area contributed by atoms with Crippen LogP contribution in [0.1, 0.15) is 43.8 Å². The minimum atomic E-state index is 0.482. The lowest BCUT2D eigenvalue weighted by Crippen LogP contribution is -2.34. The molecular weight excluding hydrogens is 286 g/mol. The Morgan fingerprint density at radius 2 is 1.96 bits per heavy atom. The summed E-state index contributed by atoms with van der Waals surface area (Å²) in [5, 5.41) is 16.1. The van der Waals surface area contributed by atoms with Crippen molar-refractivity contribution in [3.8, 4) is 17.5 Å². The van der Waals surface area contributed by atoms with Crippen LogP contribution in [0.2, 0.25) is 0 Å². The second kappa shape index (κ2) is 7.89. The van der Waals surface area contributed by atoms with Crippen LogP contribution in [0.5, 0.6) is 0 Å². The molecule has 3 rings (SSSR count). The summed E-state index contributed by atoms with van der Waals surface area (Å²) in [6.07, 6.45) is 5.07. The molecule has 2 heterocycles. The summed E-state index contributed by atoms with van der Waals surface area (Å²) in [4.78, 5) is 7.20. The van der Waals surface area contributed by atoms with E-state index in [9.17, 15) is 0 Å². The molecule has 0 amide bonds. The SMILES string of the molecule is N#CCCCCN1CCC(c2nc(-c3ccccc3)n[nH]2)CC1. The Balaban J connectivity index is 1.51. The third-order valence-corrected chi connectivity index (χ3v) is 4.52. The molecule has 1 saturated heterocycles. The Kier molecular flexibility index (Phi) is 5.38. The van der Waals surface area contributed by atoms with Gasteiger partial charge in [-0.15, -0.1) is 0 Å². The monoisotopic (exact) mass is 309 g/mol. The molecule has 2 aromatic rings. The number of hydrogen-bond acceptors (Lipinski definition) is 4. The van der Waals surface area contributed by atoms with Gasteiger partial charge in [0.1, 0.15) is 5.82 Å². The maximum Gasteiger partial charge on any atom is 0.181 e. The number of unbranched alkanes of at least 4 members (excludes halogenated alkanes) is 2. The molecule has 0 saturated carbocycles. The first-order valence-corrected chi connectivity index (χ1v) is 8.44. The van der Waals surface area contributed by atoms with E-state index in [-0.39, 0.29) is 0 Å². The number of likely N-dealkylation sites (tertiary alicyclic amines) is 1. The zero-order chi connectivity index (χ0) is 15.9. The first-order valence-electron chi connectivity index (χ1n) is 8.44. The number of nitriles is 1. The zero-order valence-corrected chi connectivity index (χ0v) is 13.4. The summed E-state index contributed by atoms with van der Waals surface area (Å²) in [5.41, 5.74) is 1.06. The molecule has 120 valence electrons. The van der Waals surface area contributed by atoms with E-state index in [0.717, 1.165) is 62.5 Å². The van der Waals surface area contributed by atoms with Crippen molar-refractivity contribution in [2.45, 2.75) is 38.0 Å². The number of aromatic nitrogens is 3. The van der Waals surface area contributed by atoms with Crippen LogP contribution in [-0.4, -0.2) is 39.7 Å². The molecular formula is C18H23N5. The van der Waals surface area contributed by atoms with Gasteiger partial charge in [0.25, 0.3) is 0 Å². The van der Waals surface area contributed by atoms with Crippen molar-refractivity contribution in [2.75, 3.05) is 19.6 Å². The number of aromatic amines is 1. The number of rotatable bonds is 6. The largest absolute Gasteiger partial charge is 0.303 e. The molecule has 0 atom stereocenters. The summed E-state index contributed by atoms with van der Waals surface area (Å²) in [6, 6.07) is 12.3. The first kappa shape index (κ1) is 15.7. The quantitative estimate of drug-likeness (QED) is 0.831. The van der Waals surface area contributed by atoms with Crippen LogP contribution >= 0.6 is 0 Å². The highest BCUT2D eigenvalue weighted by atomic mass is 15.2. The van der Waals surface area contributed by atoms with Gasteiger partial charge in [0.15, 0.2) is 5.82 Å². The molecule has 5 heteroatoms. The lowest BCUT2D eigenvalue weighted by atomic mass is 9.96. The Bertz CT molecular complexity index is 635. The third-order valence-electron chi connectivity index (χ3n) is 4.52. The lowest BCUT2D eigenvalue weighted by Gasteiger charge is -2.30. The number of piperidine rings is 1. The summed E-state index contributed by atoms with van der Waals surface area (Å²) < 4.78 is 0. The number of H-pyrrole nitrogens is 1. The second-order valence-corrected chi connectivity index (χ2v) is 6.14. The molecule has 0 unspecified atom stereocenters. The van der Waals surface area contributed by atoms with E-state index in [0.29, 0.717) is 12.3 Å². The Labute approximate surface area is 137 Å². The highest BCUT2D eigenvalue weighted by Gasteiger charge is 2.23. The van der Waals surface area contributed by atoms with E-state index in [1.54, 1.807) is 0 Å². The minimum Gasteiger partial charge on any atom is -0.303 e. The normalized spacial score (nSPS) is 16.3. The predicted molar refractivity (Wildman–Crippen MR) is 89.7 cm³/mol. The van der Waals surface area contributed by atoms with Crippen molar-refractivity contribution in [3.05, 3.63) is 36.2 Å². The van der Waals surface area contributed by atoms with Crippen molar-refractivity contribution in [2.24, 2.45) is 0 Å². The van der Waals surface area contributed by atoms with Gasteiger partial charge >= 0.3 is 0 Å². The van der Waals surface area contributed by atoms with Gasteiger partial charge in [-0.05, 0) is 45.3 Å². The average molecular weight is 309 g/mol. The maximum atomic E-state index is 8.57. The molecule has 1 fully saturated rings. The molecule has 0 radical (unpaired) electrons. The summed E-state index contributed by atoms with van der Waals surface area (Å²) in [7, 11) is 0. The topological polar surface area (TPSA) is 68.6 Å². The fourth-order valence-electron chi connectivity index (χ4n) is 3.14. The molecule has 1 aromatic heterocycles. The van der Waals surface area contributed by atoms with Crippen molar-refractivity contribution in [3.63, 3.8) is 0 Å². The number of benzene rings is 1. The number of hydrogen-bond donors (Lipinski definition) is 1. The van der Waals surface area contributed by atoms with Crippen LogP contribution in [-0.2, 0) is 0 Å². The average Bonchev–Trinajstić information content (AvgIpc) is 3.10. The van der Waals surface area contributed by atoms with Crippen LogP contribution in [0.3, 0.4) is 0 Å². The molecule has 0 bridgehead atoms. The van der Waals surface area contributed by atoms with Gasteiger partial charge < -0.3 is 4.90 Å². The van der Waals surface area contributed by atoms with Gasteiger partial charge in [-0.25, -0.2) is 4.98 Å². The summed E-state index contributed by atoms with van der Waals surface area (Å²) >= 11 is 0. The summed E-state index contributed by atoms with van der Waals surface area (Å²) in [5.74, 6) is 2.29. The van der Waals surface area contributed by atoms with Crippen LogP contribution in [0.15, 0.2) is 30.3 Å². The molecule has 5 nitrogen and oxygen atoms in total. The van der Waals surface area contributed by atoms with Crippen LogP contribution in [0.25, 0.3) is 11.4 Å². The molecule has 1 aliphatic heterocycles. The highest BCUT2D eigenvalue weighted by molar-refractivity contribution is 5.53. The van der Waals surface area contributed by atoms with Gasteiger partial charge in [-0.3, -0.25) is 5.10 Å². The van der Waals surface area contributed by atoms with E-state index in [2.05, 4.69) is 21.2 Å². The van der Waals surface area contributed by atoms with Gasteiger partial charge in [-0.1, -0.05) is 30.3 Å². The van der Waals surface area contributed by atoms with Crippen molar-refractivity contribution in [1.82, 2.24) is 20.1 Å². The van der Waals surface area contributed by atoms with E-state index < -0.39 is 0 Å². The first-order chi connectivity index (χ1) is 11.4. The van der Waals surface area contributed by atoms with Crippen LogP contribution in [0, 0.1) is 11.3 Å². The predicted octanol–water partition coefficient (Wildman–Crippen LogP) is 3.34. The molecule has 0 aliphatic carbocycles. The Morgan fingerprint density at radius 1 is 1.17 bits per heavy atom. The van der Waals surface area contributed by atoms with Crippen LogP contribution in [0.4, 0.5) is 0 Å². The number of nitrogens with one attached hydrogen (secondary N) is 1. The third kappa shape index (κ3) is 4.17. The number of nitrogens with zero attached hydrogens (tertiary/aromatic N) is 4. The molecule has 1 aromatic carbocycles. The fraction of sp³-hybridized carbons (Fsp3) is 0.500. The standard InChI is InChI=1S/C18H23N5/c19-11-5-2-6-12-23-13-9-16(10-14-23)18-20-17(21-22-18)15-7-3-1-4-8-15/h1,3-4,7-8,16H,2,5-6,9-10,12-14H2,(H,20,21,22). The Morgan fingerprint density at radius 3 is 2.70 bits per heavy atom. The highest BCUT2D eigenvalue weighted by Crippen LogP contribution is 2.27. The van der Waals surface area contributed by atoms with Gasteiger partial charge in [0.2, 0.25) is 0 Å². The smallest absolute Gasteiger partial charge is 0.181 e. The van der Waals surface area contributed by atoms with Gasteiger partial charge in [0.05, 0.1) is 6.07 Å². The maximum absolute atomic E-state index is 8.57. The van der Waals surface area contributed by atoms with E-state index in [4.69, 9.17) is 10.2 Å². The summed E-state index contributed by atoms with van der Waals surface area (Å²) in [6.45, 7) is 3.33. The minimum absolute atomic E-state index is 0.482. The lowest BCUT2D eigenvalue weighted by molar-refractivity contribution is 0.206. The molecule has 0 spiro atoms. The Hall–Kier alpha value is -2.19. The van der Waals surface area contributed by atoms with Crippen molar-refractivity contribution in [1.29, 1.82) is 5.26 Å². The molecule has 23 heavy (non-hydrogen) atoms. The van der Waals surface area contributed by atoms with E-state index in [1.807, 2.05) is 30.3 Å². The zero-order valence-electron chi connectivity index (χ0n) is 13.4. The van der Waals surface area contributed by atoms with Crippen molar-refractivity contribution >= 4 is 0 Å². The van der Waals surface area contributed by atoms with Crippen molar-refractivity contribution < 1.29 is 0 Å². The fourth-order valence-corrected chi connectivity index (χ4v) is 3.14. The van der Waals surface area contributed by atoms with Gasteiger partial charge in [-0.2, -0.15) is 10.4 Å². The molecule has 1 N–H and O–H groups in total. The van der Waals surface area contributed by atoms with E-state index in [1.165, 1.54) is 0 Å². The van der Waals surface area contributed by atoms with E-state index >= 15 is 0 Å². The van der Waals surface area contributed by atoms with Crippen LogP contribution < -0.4 is 0 Å². The van der Waals surface area contributed by atoms with Gasteiger partial charge in [0, 0.05) is 17.9 Å². The second-order valence-electron chi connectivity index (χ2n) is 6.14.